The van der Waals surface area contributed by atoms with E-state index in [2.05, 4.69) is 23.3 Å². The molecular formula is C17H20N2O2. The molecule has 0 aliphatic rings. The number of carbonyl (C=O) groups is 1. The minimum absolute atomic E-state index is 0.260. The molecule has 0 spiro atoms. The number of anilines is 2. The lowest BCUT2D eigenvalue weighted by Gasteiger charge is -2.14. The van der Waals surface area contributed by atoms with Crippen LogP contribution in [0.4, 0.5) is 11.5 Å². The first kappa shape index (κ1) is 15.0. The van der Waals surface area contributed by atoms with Gasteiger partial charge < -0.3 is 10.4 Å². The Morgan fingerprint density at radius 2 is 2.00 bits per heavy atom. The Bertz CT molecular complexity index is 666. The second kappa shape index (κ2) is 6.39. The Morgan fingerprint density at radius 3 is 2.62 bits per heavy atom. The van der Waals surface area contributed by atoms with E-state index in [9.17, 15) is 9.90 Å². The third-order valence-corrected chi connectivity index (χ3v) is 3.48. The van der Waals surface area contributed by atoms with E-state index < -0.39 is 5.97 Å². The molecule has 0 unspecified atom stereocenters. The van der Waals surface area contributed by atoms with Gasteiger partial charge in [-0.3, -0.25) is 0 Å². The van der Waals surface area contributed by atoms with Crippen molar-refractivity contribution < 1.29 is 9.90 Å². The Morgan fingerprint density at radius 1 is 1.24 bits per heavy atom. The SMILES string of the molecule is CCc1cc(C(=O)O)cc(Nc2c(C)cccc2CC)n1. The van der Waals surface area contributed by atoms with Crippen LogP contribution in [0.15, 0.2) is 30.3 Å². The molecule has 1 heterocycles. The molecule has 0 radical (unpaired) electrons. The summed E-state index contributed by atoms with van der Waals surface area (Å²) in [5.74, 6) is -0.355. The van der Waals surface area contributed by atoms with E-state index in [-0.39, 0.29) is 5.56 Å². The number of aromatic carboxylic acids is 1. The topological polar surface area (TPSA) is 62.2 Å². The molecule has 21 heavy (non-hydrogen) atoms. The maximum absolute atomic E-state index is 11.2. The van der Waals surface area contributed by atoms with Gasteiger partial charge in [0.05, 0.1) is 5.56 Å². The highest BCUT2D eigenvalue weighted by atomic mass is 16.4. The van der Waals surface area contributed by atoms with Crippen molar-refractivity contribution in [1.29, 1.82) is 0 Å². The third-order valence-electron chi connectivity index (χ3n) is 3.48. The van der Waals surface area contributed by atoms with E-state index in [1.807, 2.05) is 26.0 Å². The van der Waals surface area contributed by atoms with Crippen LogP contribution in [0.1, 0.15) is 41.0 Å². The van der Waals surface area contributed by atoms with E-state index in [1.165, 1.54) is 5.56 Å². The molecule has 0 saturated carbocycles. The third kappa shape index (κ3) is 3.40. The van der Waals surface area contributed by atoms with Crippen molar-refractivity contribution in [2.45, 2.75) is 33.6 Å². The Labute approximate surface area is 124 Å². The highest BCUT2D eigenvalue weighted by Gasteiger charge is 2.10. The van der Waals surface area contributed by atoms with Crippen molar-refractivity contribution >= 4 is 17.5 Å². The number of aryl methyl sites for hydroxylation is 3. The van der Waals surface area contributed by atoms with Crippen molar-refractivity contribution in [3.8, 4) is 0 Å². The van der Waals surface area contributed by atoms with Gasteiger partial charge in [0.1, 0.15) is 5.82 Å². The molecule has 0 atom stereocenters. The number of nitrogens with zero attached hydrogens (tertiary/aromatic N) is 1. The number of rotatable bonds is 5. The molecule has 0 aliphatic heterocycles. The number of carboxylic acid groups (broad SMARTS) is 1. The Kier molecular flexibility index (Phi) is 4.58. The molecule has 4 heteroatoms. The minimum Gasteiger partial charge on any atom is -0.478 e. The molecule has 0 bridgehead atoms. The van der Waals surface area contributed by atoms with E-state index in [1.54, 1.807) is 12.1 Å². The number of aromatic nitrogens is 1. The van der Waals surface area contributed by atoms with Gasteiger partial charge in [0.25, 0.3) is 0 Å². The fraction of sp³-hybridized carbons (Fsp3) is 0.294. The highest BCUT2D eigenvalue weighted by molar-refractivity contribution is 5.89. The standard InChI is InChI=1S/C17H20N2O2/c1-4-12-8-6-7-11(3)16(12)19-15-10-13(17(20)21)9-14(5-2)18-15/h6-10H,4-5H2,1-3H3,(H,18,19)(H,20,21). The summed E-state index contributed by atoms with van der Waals surface area (Å²) in [7, 11) is 0. The predicted molar refractivity (Wildman–Crippen MR) is 84.4 cm³/mol. The summed E-state index contributed by atoms with van der Waals surface area (Å²) >= 11 is 0. The molecular weight excluding hydrogens is 264 g/mol. The van der Waals surface area contributed by atoms with Crippen LogP contribution in [0.2, 0.25) is 0 Å². The zero-order valence-corrected chi connectivity index (χ0v) is 12.6. The van der Waals surface area contributed by atoms with Crippen molar-refractivity contribution in [3.63, 3.8) is 0 Å². The number of hydrogen-bond acceptors (Lipinski definition) is 3. The van der Waals surface area contributed by atoms with Crippen LogP contribution in [-0.2, 0) is 12.8 Å². The van der Waals surface area contributed by atoms with Gasteiger partial charge in [-0.25, -0.2) is 9.78 Å². The van der Waals surface area contributed by atoms with Crippen molar-refractivity contribution in [2.75, 3.05) is 5.32 Å². The van der Waals surface area contributed by atoms with E-state index in [0.717, 1.165) is 23.4 Å². The normalized spacial score (nSPS) is 10.4. The molecule has 2 N–H and O–H groups in total. The summed E-state index contributed by atoms with van der Waals surface area (Å²) in [5, 5.41) is 12.5. The Balaban J connectivity index is 2.44. The van der Waals surface area contributed by atoms with Crippen LogP contribution in [0, 0.1) is 6.92 Å². The molecule has 0 saturated heterocycles. The lowest BCUT2D eigenvalue weighted by molar-refractivity contribution is 0.0696. The van der Waals surface area contributed by atoms with Crippen molar-refractivity contribution in [3.05, 3.63) is 52.7 Å². The van der Waals surface area contributed by atoms with Crippen molar-refractivity contribution in [1.82, 2.24) is 4.98 Å². The van der Waals surface area contributed by atoms with Crippen molar-refractivity contribution in [2.24, 2.45) is 0 Å². The molecule has 4 nitrogen and oxygen atoms in total. The lowest BCUT2D eigenvalue weighted by atomic mass is 10.1. The van der Waals surface area contributed by atoms with Gasteiger partial charge in [-0.05, 0) is 43.0 Å². The van der Waals surface area contributed by atoms with Gasteiger partial charge in [-0.1, -0.05) is 32.0 Å². The smallest absolute Gasteiger partial charge is 0.335 e. The lowest BCUT2D eigenvalue weighted by Crippen LogP contribution is -2.05. The maximum atomic E-state index is 11.2. The largest absolute Gasteiger partial charge is 0.478 e. The molecule has 2 rings (SSSR count). The number of benzene rings is 1. The van der Waals surface area contributed by atoms with Crippen LogP contribution in [-0.4, -0.2) is 16.1 Å². The van der Waals surface area contributed by atoms with Gasteiger partial charge in [-0.2, -0.15) is 0 Å². The maximum Gasteiger partial charge on any atom is 0.335 e. The average Bonchev–Trinajstić information content (AvgIpc) is 2.48. The van der Waals surface area contributed by atoms with E-state index in [0.29, 0.717) is 12.2 Å². The molecule has 1 aromatic heterocycles. The van der Waals surface area contributed by atoms with Gasteiger partial charge in [0.15, 0.2) is 0 Å². The van der Waals surface area contributed by atoms with E-state index >= 15 is 0 Å². The Hall–Kier alpha value is -2.36. The van der Waals surface area contributed by atoms with Gasteiger partial charge in [0, 0.05) is 11.4 Å². The fourth-order valence-corrected chi connectivity index (χ4v) is 2.29. The average molecular weight is 284 g/mol. The second-order valence-corrected chi connectivity index (χ2v) is 4.98. The summed E-state index contributed by atoms with van der Waals surface area (Å²) in [4.78, 5) is 15.7. The van der Waals surface area contributed by atoms with Crippen LogP contribution >= 0.6 is 0 Å². The number of para-hydroxylation sites is 1. The number of nitrogens with one attached hydrogen (secondary N) is 1. The zero-order valence-electron chi connectivity index (χ0n) is 12.6. The highest BCUT2D eigenvalue weighted by Crippen LogP contribution is 2.25. The van der Waals surface area contributed by atoms with Crippen LogP contribution in [0.5, 0.6) is 0 Å². The monoisotopic (exact) mass is 284 g/mol. The molecule has 0 amide bonds. The van der Waals surface area contributed by atoms with Crippen LogP contribution < -0.4 is 5.32 Å². The van der Waals surface area contributed by atoms with Gasteiger partial charge in [-0.15, -0.1) is 0 Å². The predicted octanol–water partition coefficient (Wildman–Crippen LogP) is 3.96. The quantitative estimate of drug-likeness (QED) is 0.872. The molecule has 0 aliphatic carbocycles. The van der Waals surface area contributed by atoms with Gasteiger partial charge >= 0.3 is 5.97 Å². The summed E-state index contributed by atoms with van der Waals surface area (Å²) in [6, 6.07) is 9.32. The zero-order chi connectivity index (χ0) is 15.4. The molecule has 2 aromatic rings. The fourth-order valence-electron chi connectivity index (χ4n) is 2.29. The van der Waals surface area contributed by atoms with Crippen LogP contribution in [0.25, 0.3) is 0 Å². The second-order valence-electron chi connectivity index (χ2n) is 4.98. The first-order valence-electron chi connectivity index (χ1n) is 7.14. The molecule has 110 valence electrons. The minimum atomic E-state index is -0.935. The first-order valence-corrected chi connectivity index (χ1v) is 7.14. The van der Waals surface area contributed by atoms with Gasteiger partial charge in [0.2, 0.25) is 0 Å². The summed E-state index contributed by atoms with van der Waals surface area (Å²) in [5.41, 5.74) is 4.35. The molecule has 0 fully saturated rings. The van der Waals surface area contributed by atoms with E-state index in [4.69, 9.17) is 0 Å². The summed E-state index contributed by atoms with van der Waals surface area (Å²) in [6.07, 6.45) is 1.60. The number of carboxylic acids is 1. The summed E-state index contributed by atoms with van der Waals surface area (Å²) < 4.78 is 0. The van der Waals surface area contributed by atoms with Crippen LogP contribution in [0.3, 0.4) is 0 Å². The first-order chi connectivity index (χ1) is 10.0. The summed E-state index contributed by atoms with van der Waals surface area (Å²) in [6.45, 7) is 6.09. The molecule has 1 aromatic carbocycles. The number of pyridine rings is 1. The number of hydrogen-bond donors (Lipinski definition) is 2.